The van der Waals surface area contributed by atoms with Crippen LogP contribution in [-0.4, -0.2) is 31.4 Å². The fraction of sp³-hybridized carbons (Fsp3) is 0.833. The summed E-state index contributed by atoms with van der Waals surface area (Å²) in [7, 11) is 0. The molecular weight excluding hydrogens is 206 g/mol. The minimum Gasteiger partial charge on any atom is -0.381 e. The first-order chi connectivity index (χ1) is 7.38. The zero-order valence-corrected chi connectivity index (χ0v) is 10.8. The van der Waals surface area contributed by atoms with Crippen LogP contribution in [0.15, 0.2) is 0 Å². The van der Waals surface area contributed by atoms with E-state index in [1.165, 1.54) is 0 Å². The summed E-state index contributed by atoms with van der Waals surface area (Å²) in [6, 6.07) is 0. The topological polar surface area (TPSA) is 55.4 Å². The van der Waals surface area contributed by atoms with Crippen molar-refractivity contribution >= 4 is 11.7 Å². The van der Waals surface area contributed by atoms with Crippen molar-refractivity contribution < 1.29 is 14.3 Å². The van der Waals surface area contributed by atoms with E-state index in [0.717, 1.165) is 6.42 Å². The molecule has 0 aromatic carbocycles. The molecule has 0 bridgehead atoms. The molecule has 4 heteroatoms. The lowest BCUT2D eigenvalue weighted by Crippen LogP contribution is -2.35. The molecule has 0 heterocycles. The molecule has 0 aliphatic carbocycles. The van der Waals surface area contributed by atoms with E-state index in [9.17, 15) is 9.59 Å². The molecule has 0 saturated heterocycles. The van der Waals surface area contributed by atoms with Gasteiger partial charge >= 0.3 is 0 Å². The highest BCUT2D eigenvalue weighted by atomic mass is 16.5. The van der Waals surface area contributed by atoms with Crippen LogP contribution in [-0.2, 0) is 14.3 Å². The van der Waals surface area contributed by atoms with Crippen LogP contribution in [0.1, 0.15) is 40.5 Å². The molecule has 0 atom stereocenters. The maximum atomic E-state index is 11.5. The third kappa shape index (κ3) is 7.40. The second kappa shape index (κ2) is 7.39. The molecule has 1 N–H and O–H groups in total. The van der Waals surface area contributed by atoms with Gasteiger partial charge in [0.2, 0.25) is 5.91 Å². The lowest BCUT2D eigenvalue weighted by Gasteiger charge is -2.16. The van der Waals surface area contributed by atoms with Gasteiger partial charge in [-0.1, -0.05) is 27.7 Å². The van der Waals surface area contributed by atoms with Crippen molar-refractivity contribution in [3.8, 4) is 0 Å². The lowest BCUT2D eigenvalue weighted by atomic mass is 9.91. The minimum absolute atomic E-state index is 0.0373. The van der Waals surface area contributed by atoms with Crippen molar-refractivity contribution in [2.45, 2.75) is 40.5 Å². The molecule has 0 unspecified atom stereocenters. The van der Waals surface area contributed by atoms with Gasteiger partial charge in [-0.05, 0) is 6.42 Å². The third-order valence-electron chi connectivity index (χ3n) is 2.10. The van der Waals surface area contributed by atoms with E-state index in [-0.39, 0.29) is 18.2 Å². The first kappa shape index (κ1) is 15.1. The van der Waals surface area contributed by atoms with Gasteiger partial charge in [0.1, 0.15) is 0 Å². The summed E-state index contributed by atoms with van der Waals surface area (Å²) >= 11 is 0. The summed E-state index contributed by atoms with van der Waals surface area (Å²) in [5.41, 5.74) is -0.397. The van der Waals surface area contributed by atoms with Gasteiger partial charge in [0.15, 0.2) is 5.78 Å². The normalized spacial score (nSPS) is 11.2. The molecule has 0 spiro atoms. The smallest absolute Gasteiger partial charge is 0.222 e. The van der Waals surface area contributed by atoms with E-state index < -0.39 is 5.41 Å². The Morgan fingerprint density at radius 3 is 2.31 bits per heavy atom. The Bertz CT molecular complexity index is 231. The second-order valence-electron chi connectivity index (χ2n) is 4.81. The van der Waals surface area contributed by atoms with E-state index in [1.807, 2.05) is 27.7 Å². The second-order valence-corrected chi connectivity index (χ2v) is 4.81. The predicted octanol–water partition coefficient (Wildman–Crippen LogP) is 1.53. The summed E-state index contributed by atoms with van der Waals surface area (Å²) in [5.74, 6) is -0.0935. The highest BCUT2D eigenvalue weighted by Gasteiger charge is 2.21. The number of amides is 1. The fourth-order valence-electron chi connectivity index (χ4n) is 0.944. The van der Waals surface area contributed by atoms with Gasteiger partial charge in [-0.15, -0.1) is 0 Å². The number of carbonyl (C=O) groups excluding carboxylic acids is 2. The largest absolute Gasteiger partial charge is 0.381 e. The van der Waals surface area contributed by atoms with Gasteiger partial charge in [-0.3, -0.25) is 9.59 Å². The van der Waals surface area contributed by atoms with E-state index in [0.29, 0.717) is 19.6 Å². The number of hydrogen-bond donors (Lipinski definition) is 1. The number of rotatable bonds is 7. The molecular formula is C12H23NO3. The highest BCUT2D eigenvalue weighted by molar-refractivity contribution is 5.89. The van der Waals surface area contributed by atoms with Crippen molar-refractivity contribution in [1.82, 2.24) is 5.32 Å². The van der Waals surface area contributed by atoms with Crippen molar-refractivity contribution in [3.63, 3.8) is 0 Å². The average molecular weight is 229 g/mol. The fourth-order valence-corrected chi connectivity index (χ4v) is 0.944. The number of carbonyl (C=O) groups is 2. The predicted molar refractivity (Wildman–Crippen MR) is 63.2 cm³/mol. The standard InChI is InChI=1S/C12H23NO3/c1-5-7-16-8-6-11(15)13-9-10(14)12(2,3)4/h5-9H2,1-4H3,(H,13,15). The molecule has 0 aliphatic rings. The zero-order valence-electron chi connectivity index (χ0n) is 10.8. The molecule has 94 valence electrons. The quantitative estimate of drug-likeness (QED) is 0.674. The summed E-state index contributed by atoms with van der Waals surface area (Å²) in [6.45, 7) is 8.74. The Kier molecular flexibility index (Phi) is 6.97. The molecule has 0 aliphatic heterocycles. The van der Waals surface area contributed by atoms with E-state index in [2.05, 4.69) is 5.32 Å². The number of Topliss-reactive ketones (excluding diaryl/α,β-unsaturated/α-hetero) is 1. The van der Waals surface area contributed by atoms with Crippen LogP contribution in [0.3, 0.4) is 0 Å². The highest BCUT2D eigenvalue weighted by Crippen LogP contribution is 2.13. The van der Waals surface area contributed by atoms with Gasteiger partial charge in [0, 0.05) is 18.4 Å². The third-order valence-corrected chi connectivity index (χ3v) is 2.10. The summed E-state index contributed by atoms with van der Waals surface area (Å²) in [6.07, 6.45) is 1.27. The molecule has 0 aromatic rings. The molecule has 4 nitrogen and oxygen atoms in total. The zero-order chi connectivity index (χ0) is 12.6. The van der Waals surface area contributed by atoms with Crippen LogP contribution in [0.5, 0.6) is 0 Å². The first-order valence-electron chi connectivity index (χ1n) is 5.75. The van der Waals surface area contributed by atoms with Crippen molar-refractivity contribution in [2.24, 2.45) is 5.41 Å². The molecule has 0 radical (unpaired) electrons. The lowest BCUT2D eigenvalue weighted by molar-refractivity contribution is -0.129. The van der Waals surface area contributed by atoms with Crippen LogP contribution in [0.2, 0.25) is 0 Å². The number of ketones is 1. The molecule has 0 rings (SSSR count). The number of nitrogens with one attached hydrogen (secondary N) is 1. The van der Waals surface area contributed by atoms with Crippen LogP contribution >= 0.6 is 0 Å². The van der Waals surface area contributed by atoms with Crippen LogP contribution < -0.4 is 5.32 Å². The summed E-state index contributed by atoms with van der Waals surface area (Å²) in [5, 5.41) is 2.60. The van der Waals surface area contributed by atoms with Crippen molar-refractivity contribution in [3.05, 3.63) is 0 Å². The van der Waals surface area contributed by atoms with E-state index in [4.69, 9.17) is 4.74 Å². The SMILES string of the molecule is CCCOCCC(=O)NCC(=O)C(C)(C)C. The van der Waals surface area contributed by atoms with Gasteiger partial charge in [-0.25, -0.2) is 0 Å². The maximum Gasteiger partial charge on any atom is 0.222 e. The Labute approximate surface area is 97.7 Å². The van der Waals surface area contributed by atoms with Gasteiger partial charge in [-0.2, -0.15) is 0 Å². The van der Waals surface area contributed by atoms with Crippen LogP contribution in [0.4, 0.5) is 0 Å². The monoisotopic (exact) mass is 229 g/mol. The van der Waals surface area contributed by atoms with Gasteiger partial charge in [0.25, 0.3) is 0 Å². The first-order valence-corrected chi connectivity index (χ1v) is 5.75. The number of ether oxygens (including phenoxy) is 1. The van der Waals surface area contributed by atoms with Crippen molar-refractivity contribution in [2.75, 3.05) is 19.8 Å². The molecule has 1 amide bonds. The van der Waals surface area contributed by atoms with E-state index >= 15 is 0 Å². The summed E-state index contributed by atoms with van der Waals surface area (Å²) in [4.78, 5) is 22.8. The molecule has 16 heavy (non-hydrogen) atoms. The van der Waals surface area contributed by atoms with Gasteiger partial charge < -0.3 is 10.1 Å². The average Bonchev–Trinajstić information content (AvgIpc) is 2.19. The number of hydrogen-bond acceptors (Lipinski definition) is 3. The maximum absolute atomic E-state index is 11.5. The Balaban J connectivity index is 3.62. The Hall–Kier alpha value is -0.900. The molecule has 0 aromatic heterocycles. The summed E-state index contributed by atoms with van der Waals surface area (Å²) < 4.78 is 5.18. The van der Waals surface area contributed by atoms with Crippen molar-refractivity contribution in [1.29, 1.82) is 0 Å². The Morgan fingerprint density at radius 2 is 1.81 bits per heavy atom. The van der Waals surface area contributed by atoms with E-state index in [1.54, 1.807) is 0 Å². The van der Waals surface area contributed by atoms with Crippen LogP contribution in [0.25, 0.3) is 0 Å². The van der Waals surface area contributed by atoms with Gasteiger partial charge in [0.05, 0.1) is 13.2 Å². The molecule has 0 saturated carbocycles. The minimum atomic E-state index is -0.397. The molecule has 0 fully saturated rings. The van der Waals surface area contributed by atoms with Crippen LogP contribution in [0, 0.1) is 5.41 Å². The Morgan fingerprint density at radius 1 is 1.19 bits per heavy atom.